The number of rotatable bonds is 8. The number of carbonyl (C=O) groups is 1. The molecule has 0 aliphatic heterocycles. The van der Waals surface area contributed by atoms with Crippen LogP contribution in [0.15, 0.2) is 30.3 Å². The Hall–Kier alpha value is -1.39. The van der Waals surface area contributed by atoms with Gasteiger partial charge in [0.05, 0.1) is 18.7 Å². The third-order valence-electron chi connectivity index (χ3n) is 4.22. The van der Waals surface area contributed by atoms with Gasteiger partial charge < -0.3 is 10.4 Å². The maximum atomic E-state index is 12.3. The van der Waals surface area contributed by atoms with Gasteiger partial charge in [0.15, 0.2) is 0 Å². The number of amides is 1. The van der Waals surface area contributed by atoms with Crippen LogP contribution in [0.25, 0.3) is 0 Å². The summed E-state index contributed by atoms with van der Waals surface area (Å²) >= 11 is 0. The van der Waals surface area contributed by atoms with Gasteiger partial charge in [0.1, 0.15) is 0 Å². The highest BCUT2D eigenvalue weighted by molar-refractivity contribution is 5.78. The molecule has 1 aliphatic rings. The Bertz CT molecular complexity index is 471. The van der Waals surface area contributed by atoms with E-state index >= 15 is 0 Å². The van der Waals surface area contributed by atoms with Gasteiger partial charge in [-0.25, -0.2) is 0 Å². The summed E-state index contributed by atoms with van der Waals surface area (Å²) in [5.74, 6) is 0.778. The Labute approximate surface area is 133 Å². The second kappa shape index (κ2) is 7.75. The number of likely N-dealkylation sites (N-methyl/N-ethyl adjacent to an activating group) is 1. The summed E-state index contributed by atoms with van der Waals surface area (Å²) in [5.41, 5.74) is 1.13. The Kier molecular flexibility index (Phi) is 5.98. The maximum Gasteiger partial charge on any atom is 0.234 e. The van der Waals surface area contributed by atoms with Crippen LogP contribution >= 0.6 is 0 Å². The molecule has 1 aromatic rings. The highest BCUT2D eigenvalue weighted by Gasteiger charge is 2.30. The minimum Gasteiger partial charge on any atom is -0.392 e. The maximum absolute atomic E-state index is 12.3. The average Bonchev–Trinajstić information content (AvgIpc) is 3.29. The molecule has 0 spiro atoms. The van der Waals surface area contributed by atoms with Crippen LogP contribution in [0.1, 0.15) is 38.3 Å². The summed E-state index contributed by atoms with van der Waals surface area (Å²) in [6.07, 6.45) is 1.93. The molecule has 0 aromatic heterocycles. The van der Waals surface area contributed by atoms with Crippen molar-refractivity contribution in [2.75, 3.05) is 20.1 Å². The number of nitrogens with one attached hydrogen (secondary N) is 1. The van der Waals surface area contributed by atoms with Gasteiger partial charge in [-0.05, 0) is 37.3 Å². The van der Waals surface area contributed by atoms with Crippen LogP contribution in [0.3, 0.4) is 0 Å². The van der Waals surface area contributed by atoms with Crippen molar-refractivity contribution in [3.05, 3.63) is 35.9 Å². The number of carbonyl (C=O) groups excluding carboxylic acids is 1. The van der Waals surface area contributed by atoms with Gasteiger partial charge in [-0.3, -0.25) is 9.69 Å². The van der Waals surface area contributed by atoms with Gasteiger partial charge in [0.2, 0.25) is 5.91 Å². The molecule has 22 heavy (non-hydrogen) atoms. The van der Waals surface area contributed by atoms with E-state index in [1.807, 2.05) is 42.3 Å². The molecule has 4 heteroatoms. The minimum atomic E-state index is -0.298. The number of hydrogen-bond acceptors (Lipinski definition) is 3. The lowest BCUT2D eigenvalue weighted by Gasteiger charge is -2.25. The van der Waals surface area contributed by atoms with Crippen LogP contribution in [-0.2, 0) is 4.79 Å². The van der Waals surface area contributed by atoms with Gasteiger partial charge in [0, 0.05) is 6.54 Å². The number of aliphatic hydroxyl groups excluding tert-OH is 1. The topological polar surface area (TPSA) is 52.6 Å². The molecule has 2 atom stereocenters. The normalized spacial score (nSPS) is 17.5. The fourth-order valence-electron chi connectivity index (χ4n) is 2.77. The lowest BCUT2D eigenvalue weighted by Crippen LogP contribution is -2.41. The van der Waals surface area contributed by atoms with Crippen LogP contribution < -0.4 is 5.32 Å². The first kappa shape index (κ1) is 17.0. The molecule has 122 valence electrons. The lowest BCUT2D eigenvalue weighted by molar-refractivity contribution is -0.123. The zero-order valence-electron chi connectivity index (χ0n) is 13.8. The second-order valence-electron chi connectivity index (χ2n) is 6.80. The van der Waals surface area contributed by atoms with Gasteiger partial charge in [-0.1, -0.05) is 44.2 Å². The molecular formula is C18H28N2O2. The Balaban J connectivity index is 1.85. The van der Waals surface area contributed by atoms with Crippen molar-refractivity contribution in [2.24, 2.45) is 11.8 Å². The molecule has 1 amide bonds. The van der Waals surface area contributed by atoms with E-state index in [0.29, 0.717) is 24.9 Å². The van der Waals surface area contributed by atoms with Crippen molar-refractivity contribution in [1.29, 1.82) is 0 Å². The van der Waals surface area contributed by atoms with Crippen molar-refractivity contribution in [1.82, 2.24) is 10.2 Å². The van der Waals surface area contributed by atoms with E-state index in [9.17, 15) is 9.90 Å². The highest BCUT2D eigenvalue weighted by atomic mass is 16.3. The zero-order chi connectivity index (χ0) is 16.1. The van der Waals surface area contributed by atoms with E-state index in [1.165, 1.54) is 0 Å². The first-order valence-electron chi connectivity index (χ1n) is 8.18. The monoisotopic (exact) mass is 304 g/mol. The first-order chi connectivity index (χ1) is 10.5. The van der Waals surface area contributed by atoms with Crippen LogP contribution in [-0.4, -0.2) is 42.2 Å². The molecule has 0 radical (unpaired) electrons. The van der Waals surface area contributed by atoms with Gasteiger partial charge >= 0.3 is 0 Å². The average molecular weight is 304 g/mol. The largest absolute Gasteiger partial charge is 0.392 e. The zero-order valence-corrected chi connectivity index (χ0v) is 13.8. The van der Waals surface area contributed by atoms with Crippen LogP contribution in [0.2, 0.25) is 0 Å². The fourth-order valence-corrected chi connectivity index (χ4v) is 2.77. The van der Waals surface area contributed by atoms with E-state index in [4.69, 9.17) is 0 Å². The van der Waals surface area contributed by atoms with Crippen molar-refractivity contribution in [3.8, 4) is 0 Å². The minimum absolute atomic E-state index is 0.00745. The third-order valence-corrected chi connectivity index (χ3v) is 4.22. The number of aliphatic hydroxyl groups is 1. The number of nitrogens with zero attached hydrogens (tertiary/aromatic N) is 1. The molecule has 0 heterocycles. The SMILES string of the molecule is CC(C)C(NC(=O)CN(C)CC(O)C1CC1)c1ccccc1. The number of hydrogen-bond donors (Lipinski definition) is 2. The Morgan fingerprint density at radius 3 is 2.50 bits per heavy atom. The van der Waals surface area contributed by atoms with Gasteiger partial charge in [-0.15, -0.1) is 0 Å². The molecule has 0 saturated heterocycles. The van der Waals surface area contributed by atoms with Crippen molar-refractivity contribution >= 4 is 5.91 Å². The van der Waals surface area contributed by atoms with E-state index in [0.717, 1.165) is 18.4 Å². The molecule has 1 aromatic carbocycles. The van der Waals surface area contributed by atoms with Gasteiger partial charge in [-0.2, -0.15) is 0 Å². The Morgan fingerprint density at radius 2 is 1.95 bits per heavy atom. The van der Waals surface area contributed by atoms with Crippen LogP contribution in [0.4, 0.5) is 0 Å². The third kappa shape index (κ3) is 5.11. The second-order valence-corrected chi connectivity index (χ2v) is 6.80. The molecule has 2 N–H and O–H groups in total. The van der Waals surface area contributed by atoms with Crippen LogP contribution in [0.5, 0.6) is 0 Å². The summed E-state index contributed by atoms with van der Waals surface area (Å²) in [6, 6.07) is 10.1. The first-order valence-corrected chi connectivity index (χ1v) is 8.18. The van der Waals surface area contributed by atoms with Crippen molar-refractivity contribution in [2.45, 2.75) is 38.8 Å². The molecule has 2 unspecified atom stereocenters. The van der Waals surface area contributed by atoms with E-state index < -0.39 is 0 Å². The standard InChI is InChI=1S/C18H28N2O2/c1-13(2)18(15-7-5-4-6-8-15)19-17(22)12-20(3)11-16(21)14-9-10-14/h4-8,13-14,16,18,21H,9-12H2,1-3H3,(H,19,22). The lowest BCUT2D eigenvalue weighted by atomic mass is 9.96. The molecule has 0 bridgehead atoms. The van der Waals surface area contributed by atoms with E-state index in [2.05, 4.69) is 19.2 Å². The molecular weight excluding hydrogens is 276 g/mol. The van der Waals surface area contributed by atoms with E-state index in [-0.39, 0.29) is 18.1 Å². The molecule has 4 nitrogen and oxygen atoms in total. The molecule has 1 aliphatic carbocycles. The summed E-state index contributed by atoms with van der Waals surface area (Å²) in [5, 5.41) is 13.1. The fraction of sp³-hybridized carbons (Fsp3) is 0.611. The van der Waals surface area contributed by atoms with Gasteiger partial charge in [0.25, 0.3) is 0 Å². The van der Waals surface area contributed by atoms with Crippen molar-refractivity contribution < 1.29 is 9.90 Å². The predicted octanol–water partition coefficient (Wildman–Crippen LogP) is 2.20. The van der Waals surface area contributed by atoms with Crippen LogP contribution in [0, 0.1) is 11.8 Å². The summed E-state index contributed by atoms with van der Waals surface area (Å²) in [4.78, 5) is 14.2. The highest BCUT2D eigenvalue weighted by Crippen LogP contribution is 2.32. The summed E-state index contributed by atoms with van der Waals surface area (Å²) < 4.78 is 0. The molecule has 1 saturated carbocycles. The van der Waals surface area contributed by atoms with E-state index in [1.54, 1.807) is 0 Å². The Morgan fingerprint density at radius 1 is 1.32 bits per heavy atom. The predicted molar refractivity (Wildman–Crippen MR) is 88.4 cm³/mol. The summed E-state index contributed by atoms with van der Waals surface area (Å²) in [6.45, 7) is 5.10. The number of benzene rings is 1. The smallest absolute Gasteiger partial charge is 0.234 e. The molecule has 2 rings (SSSR count). The molecule has 1 fully saturated rings. The summed E-state index contributed by atoms with van der Waals surface area (Å²) in [7, 11) is 1.89. The quantitative estimate of drug-likeness (QED) is 0.774. The van der Waals surface area contributed by atoms with Crippen molar-refractivity contribution in [3.63, 3.8) is 0 Å².